The Morgan fingerprint density at radius 2 is 2.00 bits per heavy atom. The minimum Gasteiger partial charge on any atom is -0.396 e. The zero-order valence-corrected chi connectivity index (χ0v) is 14.2. The molecule has 124 valence electrons. The van der Waals surface area contributed by atoms with Crippen LogP contribution in [0.25, 0.3) is 10.8 Å². The number of aliphatic hydroxyl groups excluding tert-OH is 1. The van der Waals surface area contributed by atoms with E-state index in [0.29, 0.717) is 21.9 Å². The molecule has 0 spiro atoms. The molecule has 0 aliphatic rings. The molecule has 6 heteroatoms. The number of halogens is 2. The fourth-order valence-electron chi connectivity index (χ4n) is 2.70. The normalized spacial score (nSPS) is 12.3. The van der Waals surface area contributed by atoms with Gasteiger partial charge in [-0.2, -0.15) is 0 Å². The van der Waals surface area contributed by atoms with Crippen LogP contribution >= 0.6 is 23.2 Å². The smallest absolute Gasteiger partial charge is 0.255 e. The minimum atomic E-state index is -0.221. The molecule has 1 aromatic heterocycles. The van der Waals surface area contributed by atoms with Crippen molar-refractivity contribution >= 4 is 39.7 Å². The number of hydrogen-bond donors (Lipinski definition) is 3. The monoisotopic (exact) mass is 362 g/mol. The molecule has 0 saturated heterocycles. The molecule has 1 atom stereocenters. The number of benzene rings is 2. The Hall–Kier alpha value is -2.01. The minimum absolute atomic E-state index is 0.00528. The topological polar surface area (TPSA) is 65.1 Å². The van der Waals surface area contributed by atoms with Gasteiger partial charge in [0, 0.05) is 23.9 Å². The van der Waals surface area contributed by atoms with Crippen LogP contribution in [0.3, 0.4) is 0 Å². The fourth-order valence-corrected chi connectivity index (χ4v) is 3.14. The standard InChI is InChI=1S/C18H16Cl2N2O2/c19-15-3-1-2-13(17(15)20)16(7-9-23)22-12-5-4-11-6-8-21-18(24)14(11)10-12/h1-6,8,10,16,22-23H,7,9H2,(H,21,24). The van der Waals surface area contributed by atoms with Gasteiger partial charge in [0.15, 0.2) is 0 Å². The summed E-state index contributed by atoms with van der Waals surface area (Å²) in [5.41, 5.74) is 1.43. The van der Waals surface area contributed by atoms with Gasteiger partial charge in [0.25, 0.3) is 5.56 Å². The molecule has 3 N–H and O–H groups in total. The SMILES string of the molecule is O=c1[nH]ccc2ccc(NC(CCO)c3cccc(Cl)c3Cl)cc12. The van der Waals surface area contributed by atoms with E-state index in [2.05, 4.69) is 10.3 Å². The van der Waals surface area contributed by atoms with E-state index in [1.54, 1.807) is 18.3 Å². The number of H-pyrrole nitrogens is 1. The molecule has 1 unspecified atom stereocenters. The number of hydrogen-bond acceptors (Lipinski definition) is 3. The maximum atomic E-state index is 11.9. The highest BCUT2D eigenvalue weighted by molar-refractivity contribution is 6.42. The predicted octanol–water partition coefficient (Wildman–Crippen LogP) is 4.37. The Morgan fingerprint density at radius 1 is 1.17 bits per heavy atom. The van der Waals surface area contributed by atoms with Crippen LogP contribution < -0.4 is 10.9 Å². The third-order valence-electron chi connectivity index (χ3n) is 3.89. The first kappa shape index (κ1) is 16.8. The van der Waals surface area contributed by atoms with E-state index in [-0.39, 0.29) is 18.2 Å². The summed E-state index contributed by atoms with van der Waals surface area (Å²) in [5, 5.41) is 15.1. The van der Waals surface area contributed by atoms with Gasteiger partial charge in [-0.05, 0) is 41.6 Å². The second-order valence-corrected chi connectivity index (χ2v) is 6.25. The summed E-state index contributed by atoms with van der Waals surface area (Å²) >= 11 is 12.4. The quantitative estimate of drug-likeness (QED) is 0.631. The largest absolute Gasteiger partial charge is 0.396 e. The zero-order valence-electron chi connectivity index (χ0n) is 12.7. The average molecular weight is 363 g/mol. The first-order chi connectivity index (χ1) is 11.6. The Morgan fingerprint density at radius 3 is 2.79 bits per heavy atom. The van der Waals surface area contributed by atoms with Crippen LogP contribution in [-0.4, -0.2) is 16.7 Å². The van der Waals surface area contributed by atoms with E-state index >= 15 is 0 Å². The first-order valence-electron chi connectivity index (χ1n) is 7.53. The molecule has 24 heavy (non-hydrogen) atoms. The van der Waals surface area contributed by atoms with E-state index in [1.807, 2.05) is 30.3 Å². The Labute approximate surface area is 149 Å². The third kappa shape index (κ3) is 3.41. The van der Waals surface area contributed by atoms with Crippen molar-refractivity contribution in [2.75, 3.05) is 11.9 Å². The van der Waals surface area contributed by atoms with Crippen LogP contribution in [0, 0.1) is 0 Å². The lowest BCUT2D eigenvalue weighted by Crippen LogP contribution is -2.13. The number of pyridine rings is 1. The number of fused-ring (bicyclic) bond motifs is 1. The van der Waals surface area contributed by atoms with Crippen LogP contribution in [0.4, 0.5) is 5.69 Å². The second-order valence-electron chi connectivity index (χ2n) is 5.46. The van der Waals surface area contributed by atoms with E-state index < -0.39 is 0 Å². The Balaban J connectivity index is 1.98. The summed E-state index contributed by atoms with van der Waals surface area (Å²) in [7, 11) is 0. The number of aliphatic hydroxyl groups is 1. The third-order valence-corrected chi connectivity index (χ3v) is 4.72. The average Bonchev–Trinajstić information content (AvgIpc) is 2.58. The van der Waals surface area contributed by atoms with Crippen LogP contribution in [0.2, 0.25) is 10.0 Å². The van der Waals surface area contributed by atoms with Crippen LogP contribution in [0.1, 0.15) is 18.0 Å². The number of aromatic amines is 1. The highest BCUT2D eigenvalue weighted by Crippen LogP contribution is 2.33. The van der Waals surface area contributed by atoms with Gasteiger partial charge < -0.3 is 15.4 Å². The molecular weight excluding hydrogens is 347 g/mol. The van der Waals surface area contributed by atoms with Crippen LogP contribution in [0.15, 0.2) is 53.5 Å². The molecule has 3 rings (SSSR count). The van der Waals surface area contributed by atoms with Crippen molar-refractivity contribution in [2.24, 2.45) is 0 Å². The van der Waals surface area contributed by atoms with Crippen molar-refractivity contribution in [2.45, 2.75) is 12.5 Å². The Bertz CT molecular complexity index is 924. The maximum absolute atomic E-state index is 11.9. The molecule has 0 amide bonds. The summed E-state index contributed by atoms with van der Waals surface area (Å²) < 4.78 is 0. The van der Waals surface area contributed by atoms with Crippen LogP contribution in [-0.2, 0) is 0 Å². The molecule has 0 bridgehead atoms. The van der Waals surface area contributed by atoms with Crippen molar-refractivity contribution in [3.63, 3.8) is 0 Å². The van der Waals surface area contributed by atoms with Crippen LogP contribution in [0.5, 0.6) is 0 Å². The highest BCUT2D eigenvalue weighted by atomic mass is 35.5. The lowest BCUT2D eigenvalue weighted by molar-refractivity contribution is 0.280. The van der Waals surface area contributed by atoms with Gasteiger partial charge in [-0.3, -0.25) is 4.79 Å². The van der Waals surface area contributed by atoms with E-state index in [9.17, 15) is 9.90 Å². The van der Waals surface area contributed by atoms with Gasteiger partial charge in [-0.1, -0.05) is 41.4 Å². The van der Waals surface area contributed by atoms with E-state index in [1.165, 1.54) is 0 Å². The van der Waals surface area contributed by atoms with Gasteiger partial charge in [-0.25, -0.2) is 0 Å². The molecule has 3 aromatic rings. The van der Waals surface area contributed by atoms with Gasteiger partial charge in [0.1, 0.15) is 0 Å². The van der Waals surface area contributed by atoms with E-state index in [0.717, 1.165) is 16.6 Å². The lowest BCUT2D eigenvalue weighted by atomic mass is 10.0. The van der Waals surface area contributed by atoms with Crippen molar-refractivity contribution in [3.8, 4) is 0 Å². The Kier molecular flexibility index (Phi) is 5.09. The maximum Gasteiger partial charge on any atom is 0.255 e. The molecule has 0 radical (unpaired) electrons. The summed E-state index contributed by atoms with van der Waals surface area (Å²) in [6.07, 6.45) is 2.08. The van der Waals surface area contributed by atoms with Crippen molar-refractivity contribution < 1.29 is 5.11 Å². The molecule has 0 aliphatic heterocycles. The zero-order chi connectivity index (χ0) is 17.1. The number of anilines is 1. The number of aromatic nitrogens is 1. The van der Waals surface area contributed by atoms with Crippen molar-refractivity contribution in [1.29, 1.82) is 0 Å². The molecule has 0 aliphatic carbocycles. The van der Waals surface area contributed by atoms with Crippen molar-refractivity contribution in [3.05, 3.63) is 74.6 Å². The molecule has 0 fully saturated rings. The predicted molar refractivity (Wildman–Crippen MR) is 99.1 cm³/mol. The number of rotatable bonds is 5. The van der Waals surface area contributed by atoms with E-state index in [4.69, 9.17) is 23.2 Å². The van der Waals surface area contributed by atoms with Gasteiger partial charge in [0.05, 0.1) is 16.1 Å². The summed E-state index contributed by atoms with van der Waals surface area (Å²) in [6.45, 7) is -0.00528. The number of nitrogens with one attached hydrogen (secondary N) is 2. The summed E-state index contributed by atoms with van der Waals surface area (Å²) in [4.78, 5) is 14.6. The molecule has 0 saturated carbocycles. The van der Waals surface area contributed by atoms with Gasteiger partial charge >= 0.3 is 0 Å². The lowest BCUT2D eigenvalue weighted by Gasteiger charge is -2.21. The molecular formula is C18H16Cl2N2O2. The summed E-state index contributed by atoms with van der Waals surface area (Å²) in [5.74, 6) is 0. The van der Waals surface area contributed by atoms with Crippen molar-refractivity contribution in [1.82, 2.24) is 4.98 Å². The molecule has 1 heterocycles. The fraction of sp³-hybridized carbons (Fsp3) is 0.167. The molecule has 4 nitrogen and oxygen atoms in total. The second kappa shape index (κ2) is 7.26. The van der Waals surface area contributed by atoms with Gasteiger partial charge in [0.2, 0.25) is 0 Å². The summed E-state index contributed by atoms with van der Waals surface area (Å²) in [6, 6.07) is 12.6. The highest BCUT2D eigenvalue weighted by Gasteiger charge is 2.16. The molecule has 2 aromatic carbocycles. The first-order valence-corrected chi connectivity index (χ1v) is 8.28. The van der Waals surface area contributed by atoms with Gasteiger partial charge in [-0.15, -0.1) is 0 Å².